The first kappa shape index (κ1) is 14.6. The second-order valence-corrected chi connectivity index (χ2v) is 5.40. The molecule has 0 amide bonds. The van der Waals surface area contributed by atoms with E-state index in [1.54, 1.807) is 7.11 Å². The second-order valence-electron chi connectivity index (χ2n) is 5.40. The normalized spacial score (nSPS) is 27.9. The molecule has 2 atom stereocenters. The molecule has 0 aromatic heterocycles. The predicted molar refractivity (Wildman–Crippen MR) is 73.0 cm³/mol. The largest absolute Gasteiger partial charge is 0.383 e. The van der Waals surface area contributed by atoms with E-state index < -0.39 is 0 Å². The van der Waals surface area contributed by atoms with Crippen molar-refractivity contribution in [3.63, 3.8) is 0 Å². The lowest BCUT2D eigenvalue weighted by atomic mass is 10.2. The Hall–Kier alpha value is -0.850. The summed E-state index contributed by atoms with van der Waals surface area (Å²) in [6.45, 7) is 3.75. The number of nitrogens with two attached hydrogens (primary N) is 1. The molecule has 1 aliphatic heterocycles. The topological polar surface area (TPSA) is 78.1 Å². The minimum absolute atomic E-state index is 0.0242. The number of rotatable bonds is 5. The van der Waals surface area contributed by atoms with Crippen LogP contribution in [0.2, 0.25) is 0 Å². The van der Waals surface area contributed by atoms with Gasteiger partial charge >= 0.3 is 0 Å². The minimum atomic E-state index is -0.314. The molecule has 3 N–H and O–H groups in total. The van der Waals surface area contributed by atoms with E-state index in [2.05, 4.69) is 10.3 Å². The van der Waals surface area contributed by atoms with Gasteiger partial charge in [0.05, 0.1) is 19.8 Å². The zero-order valence-corrected chi connectivity index (χ0v) is 11.9. The Kier molecular flexibility index (Phi) is 5.01. The van der Waals surface area contributed by atoms with Gasteiger partial charge in [0.15, 0.2) is 11.7 Å². The van der Waals surface area contributed by atoms with Crippen LogP contribution < -0.4 is 11.1 Å². The van der Waals surface area contributed by atoms with E-state index in [0.717, 1.165) is 12.8 Å². The highest BCUT2D eigenvalue weighted by atomic mass is 16.7. The van der Waals surface area contributed by atoms with Crippen LogP contribution in [-0.4, -0.2) is 50.8 Å². The van der Waals surface area contributed by atoms with Crippen molar-refractivity contribution < 1.29 is 14.2 Å². The molecule has 1 saturated heterocycles. The van der Waals surface area contributed by atoms with Crippen molar-refractivity contribution in [2.75, 3.05) is 26.9 Å². The van der Waals surface area contributed by atoms with Gasteiger partial charge in [0.25, 0.3) is 0 Å². The van der Waals surface area contributed by atoms with Crippen molar-refractivity contribution in [2.45, 2.75) is 50.5 Å². The first-order valence-corrected chi connectivity index (χ1v) is 7.01. The summed E-state index contributed by atoms with van der Waals surface area (Å²) in [5.74, 6) is 0.117. The standard InChI is InChI=1S/C13H25N3O3/c1-10(8-17-2)16-12(14)15-7-11-9-18-13(19-11)5-3-4-6-13/h10-11H,3-9H2,1-2H3,(H3,14,15,16). The van der Waals surface area contributed by atoms with E-state index in [1.807, 2.05) is 6.92 Å². The SMILES string of the molecule is COCC(C)NC(N)=NCC1COC2(CCCC2)O1. The number of methoxy groups -OCH3 is 1. The van der Waals surface area contributed by atoms with Crippen molar-refractivity contribution in [1.82, 2.24) is 5.32 Å². The van der Waals surface area contributed by atoms with E-state index in [0.29, 0.717) is 25.7 Å². The van der Waals surface area contributed by atoms with Gasteiger partial charge in [-0.3, -0.25) is 4.99 Å². The quantitative estimate of drug-likeness (QED) is 0.566. The Morgan fingerprint density at radius 1 is 1.53 bits per heavy atom. The van der Waals surface area contributed by atoms with Crippen LogP contribution in [0, 0.1) is 0 Å². The molecule has 6 nitrogen and oxygen atoms in total. The summed E-state index contributed by atoms with van der Waals surface area (Å²) in [6, 6.07) is 0.149. The van der Waals surface area contributed by atoms with Crippen LogP contribution in [0.4, 0.5) is 0 Å². The summed E-state index contributed by atoms with van der Waals surface area (Å²) in [4.78, 5) is 4.31. The molecule has 110 valence electrons. The molecular weight excluding hydrogens is 246 g/mol. The summed E-state index contributed by atoms with van der Waals surface area (Å²) in [5.41, 5.74) is 5.81. The van der Waals surface area contributed by atoms with E-state index in [9.17, 15) is 0 Å². The Labute approximate surface area is 114 Å². The zero-order valence-electron chi connectivity index (χ0n) is 11.9. The van der Waals surface area contributed by atoms with Crippen LogP contribution >= 0.6 is 0 Å². The van der Waals surface area contributed by atoms with Crippen LogP contribution in [0.1, 0.15) is 32.6 Å². The second kappa shape index (κ2) is 6.54. The fraction of sp³-hybridized carbons (Fsp3) is 0.923. The highest BCUT2D eigenvalue weighted by Crippen LogP contribution is 2.39. The van der Waals surface area contributed by atoms with Gasteiger partial charge in [-0.15, -0.1) is 0 Å². The summed E-state index contributed by atoms with van der Waals surface area (Å²) in [6.07, 6.45) is 4.41. The monoisotopic (exact) mass is 271 g/mol. The summed E-state index contributed by atoms with van der Waals surface area (Å²) in [7, 11) is 1.66. The maximum absolute atomic E-state index is 5.98. The van der Waals surface area contributed by atoms with E-state index in [-0.39, 0.29) is 17.9 Å². The van der Waals surface area contributed by atoms with Crippen LogP contribution in [0.5, 0.6) is 0 Å². The highest BCUT2D eigenvalue weighted by Gasteiger charge is 2.43. The van der Waals surface area contributed by atoms with Crippen LogP contribution in [0.25, 0.3) is 0 Å². The molecule has 2 unspecified atom stereocenters. The number of nitrogens with one attached hydrogen (secondary N) is 1. The van der Waals surface area contributed by atoms with Crippen LogP contribution in [0.3, 0.4) is 0 Å². The van der Waals surface area contributed by atoms with Crippen molar-refractivity contribution in [2.24, 2.45) is 10.7 Å². The summed E-state index contributed by atoms with van der Waals surface area (Å²) < 4.78 is 16.8. The van der Waals surface area contributed by atoms with Gasteiger partial charge in [-0.05, 0) is 19.8 Å². The molecule has 19 heavy (non-hydrogen) atoms. The number of hydrogen-bond acceptors (Lipinski definition) is 4. The lowest BCUT2D eigenvalue weighted by molar-refractivity contribution is -0.160. The van der Waals surface area contributed by atoms with Gasteiger partial charge in [-0.1, -0.05) is 0 Å². The van der Waals surface area contributed by atoms with Crippen LogP contribution in [-0.2, 0) is 14.2 Å². The molecule has 1 spiro atoms. The molecule has 1 heterocycles. The molecule has 0 aromatic carbocycles. The molecule has 2 rings (SSSR count). The Bertz CT molecular complexity index is 316. The molecule has 1 saturated carbocycles. The fourth-order valence-electron chi connectivity index (χ4n) is 2.67. The molecule has 2 aliphatic rings. The Morgan fingerprint density at radius 2 is 2.26 bits per heavy atom. The lowest BCUT2D eigenvalue weighted by Gasteiger charge is -2.21. The summed E-state index contributed by atoms with van der Waals surface area (Å²) in [5, 5.41) is 3.07. The van der Waals surface area contributed by atoms with Crippen molar-refractivity contribution in [3.8, 4) is 0 Å². The van der Waals surface area contributed by atoms with Gasteiger partial charge in [-0.2, -0.15) is 0 Å². The summed E-state index contributed by atoms with van der Waals surface area (Å²) >= 11 is 0. The average Bonchev–Trinajstić information content (AvgIpc) is 2.98. The van der Waals surface area contributed by atoms with Gasteiger partial charge in [0, 0.05) is 26.0 Å². The number of aliphatic imine (C=N–C) groups is 1. The lowest BCUT2D eigenvalue weighted by Crippen LogP contribution is -2.41. The van der Waals surface area contributed by atoms with E-state index in [1.165, 1.54) is 12.8 Å². The fourth-order valence-corrected chi connectivity index (χ4v) is 2.67. The van der Waals surface area contributed by atoms with Crippen molar-refractivity contribution in [3.05, 3.63) is 0 Å². The third-order valence-corrected chi connectivity index (χ3v) is 3.56. The average molecular weight is 271 g/mol. The van der Waals surface area contributed by atoms with E-state index >= 15 is 0 Å². The third kappa shape index (κ3) is 4.06. The third-order valence-electron chi connectivity index (χ3n) is 3.56. The Balaban J connectivity index is 1.73. The molecule has 0 aromatic rings. The maximum atomic E-state index is 5.98. The first-order chi connectivity index (χ1) is 9.13. The zero-order chi connectivity index (χ0) is 13.7. The first-order valence-electron chi connectivity index (χ1n) is 7.01. The predicted octanol–water partition coefficient (Wildman–Crippen LogP) is 0.611. The smallest absolute Gasteiger partial charge is 0.188 e. The number of guanidine groups is 1. The number of nitrogens with zero attached hydrogens (tertiary/aromatic N) is 1. The van der Waals surface area contributed by atoms with Crippen molar-refractivity contribution >= 4 is 5.96 Å². The van der Waals surface area contributed by atoms with Crippen molar-refractivity contribution in [1.29, 1.82) is 0 Å². The number of ether oxygens (including phenoxy) is 3. The highest BCUT2D eigenvalue weighted by molar-refractivity contribution is 5.78. The molecule has 0 bridgehead atoms. The maximum Gasteiger partial charge on any atom is 0.188 e. The molecule has 6 heteroatoms. The molecule has 0 radical (unpaired) electrons. The van der Waals surface area contributed by atoms with Gasteiger partial charge in [0.1, 0.15) is 6.10 Å². The van der Waals surface area contributed by atoms with Gasteiger partial charge < -0.3 is 25.3 Å². The minimum Gasteiger partial charge on any atom is -0.383 e. The van der Waals surface area contributed by atoms with Gasteiger partial charge in [0.2, 0.25) is 0 Å². The molecule has 2 fully saturated rings. The van der Waals surface area contributed by atoms with Gasteiger partial charge in [-0.25, -0.2) is 0 Å². The molecular formula is C13H25N3O3. The number of hydrogen-bond donors (Lipinski definition) is 2. The van der Waals surface area contributed by atoms with E-state index in [4.69, 9.17) is 19.9 Å². The molecule has 1 aliphatic carbocycles. The Morgan fingerprint density at radius 3 is 2.95 bits per heavy atom. The van der Waals surface area contributed by atoms with Crippen LogP contribution in [0.15, 0.2) is 4.99 Å².